The van der Waals surface area contributed by atoms with Crippen molar-refractivity contribution >= 4 is 27.6 Å². The van der Waals surface area contributed by atoms with Gasteiger partial charge in [0.25, 0.3) is 0 Å². The summed E-state index contributed by atoms with van der Waals surface area (Å²) in [6.45, 7) is 1.26. The molecular formula is C14H15ClF3NO4S. The third kappa shape index (κ3) is 3.84. The molecule has 24 heavy (non-hydrogen) atoms. The summed E-state index contributed by atoms with van der Waals surface area (Å²) in [6.07, 6.45) is -4.63. The summed E-state index contributed by atoms with van der Waals surface area (Å²) < 4.78 is 65.7. The molecule has 134 valence electrons. The van der Waals surface area contributed by atoms with Crippen LogP contribution in [0.15, 0.2) is 23.1 Å². The lowest BCUT2D eigenvalue weighted by atomic mass is 9.92. The van der Waals surface area contributed by atoms with Gasteiger partial charge in [-0.1, -0.05) is 18.5 Å². The predicted molar refractivity (Wildman–Crippen MR) is 80.1 cm³/mol. The van der Waals surface area contributed by atoms with Crippen LogP contribution in [0.4, 0.5) is 13.2 Å². The van der Waals surface area contributed by atoms with Gasteiger partial charge in [0.15, 0.2) is 0 Å². The second-order valence-electron chi connectivity index (χ2n) is 5.84. The number of alkyl halides is 3. The molecule has 1 aromatic rings. The Bertz CT molecular complexity index is 751. The standard InChI is InChI=1S/C14H15ClF3NO4S/c1-8-4-9(13(20)21)7-19(6-8)24(22,23)12-3-2-10(15)5-11(12)14(16,17)18/h2-3,5,8-9H,4,6-7H2,1H3,(H,20,21). The summed E-state index contributed by atoms with van der Waals surface area (Å²) >= 11 is 5.56. The molecule has 10 heteroatoms. The van der Waals surface area contributed by atoms with Gasteiger partial charge in [0, 0.05) is 18.1 Å². The molecule has 2 atom stereocenters. The number of halogens is 4. The van der Waals surface area contributed by atoms with Gasteiger partial charge in [0.1, 0.15) is 0 Å². The molecule has 1 saturated heterocycles. The second kappa shape index (κ2) is 6.53. The number of carbonyl (C=O) groups is 1. The number of benzene rings is 1. The van der Waals surface area contributed by atoms with Gasteiger partial charge in [0.05, 0.1) is 16.4 Å². The number of aliphatic carboxylic acids is 1. The number of rotatable bonds is 3. The molecular weight excluding hydrogens is 371 g/mol. The van der Waals surface area contributed by atoms with Crippen LogP contribution in [0.3, 0.4) is 0 Å². The first-order valence-corrected chi connectivity index (χ1v) is 8.84. The highest BCUT2D eigenvalue weighted by Crippen LogP contribution is 2.38. The third-order valence-electron chi connectivity index (χ3n) is 3.84. The summed E-state index contributed by atoms with van der Waals surface area (Å²) in [4.78, 5) is 10.2. The zero-order valence-electron chi connectivity index (χ0n) is 12.5. The Morgan fingerprint density at radius 3 is 2.50 bits per heavy atom. The topological polar surface area (TPSA) is 74.7 Å². The van der Waals surface area contributed by atoms with Gasteiger partial charge >= 0.3 is 12.1 Å². The summed E-state index contributed by atoms with van der Waals surface area (Å²) in [5.41, 5.74) is -1.36. The monoisotopic (exact) mass is 385 g/mol. The normalized spacial score (nSPS) is 23.2. The maximum Gasteiger partial charge on any atom is 0.417 e. The van der Waals surface area contributed by atoms with Crippen molar-refractivity contribution in [3.63, 3.8) is 0 Å². The van der Waals surface area contributed by atoms with E-state index < -0.39 is 38.5 Å². The molecule has 0 aromatic heterocycles. The molecule has 1 aliphatic heterocycles. The van der Waals surface area contributed by atoms with Crippen molar-refractivity contribution < 1.29 is 31.5 Å². The SMILES string of the molecule is CC1CC(C(=O)O)CN(S(=O)(=O)c2ccc(Cl)cc2C(F)(F)F)C1. The minimum atomic E-state index is -4.90. The largest absolute Gasteiger partial charge is 0.481 e. The van der Waals surface area contributed by atoms with Gasteiger partial charge in [-0.15, -0.1) is 0 Å². The van der Waals surface area contributed by atoms with E-state index >= 15 is 0 Å². The Kier molecular flexibility index (Phi) is 5.17. The van der Waals surface area contributed by atoms with Crippen LogP contribution in [0.1, 0.15) is 18.9 Å². The molecule has 1 heterocycles. The van der Waals surface area contributed by atoms with E-state index in [1.54, 1.807) is 6.92 Å². The van der Waals surface area contributed by atoms with Crippen LogP contribution < -0.4 is 0 Å². The van der Waals surface area contributed by atoms with Gasteiger partial charge in [-0.25, -0.2) is 8.42 Å². The summed E-state index contributed by atoms with van der Waals surface area (Å²) in [5.74, 6) is -2.41. The fourth-order valence-corrected chi connectivity index (χ4v) is 4.74. The Labute approximate surface area is 142 Å². The smallest absolute Gasteiger partial charge is 0.417 e. The summed E-state index contributed by atoms with van der Waals surface area (Å²) in [5, 5.41) is 8.87. The molecule has 0 aliphatic carbocycles. The fourth-order valence-electron chi connectivity index (χ4n) is 2.77. The average Bonchev–Trinajstić information content (AvgIpc) is 2.45. The number of carboxylic acid groups (broad SMARTS) is 1. The Morgan fingerprint density at radius 2 is 1.96 bits per heavy atom. The van der Waals surface area contributed by atoms with Crippen molar-refractivity contribution in [1.82, 2.24) is 4.31 Å². The number of piperidine rings is 1. The van der Waals surface area contributed by atoms with E-state index in [2.05, 4.69) is 0 Å². The minimum Gasteiger partial charge on any atom is -0.481 e. The zero-order valence-corrected chi connectivity index (χ0v) is 14.1. The molecule has 5 nitrogen and oxygen atoms in total. The molecule has 2 rings (SSSR count). The first kappa shape index (κ1) is 19.0. The summed E-state index contributed by atoms with van der Waals surface area (Å²) in [7, 11) is -4.50. The number of nitrogens with zero attached hydrogens (tertiary/aromatic N) is 1. The summed E-state index contributed by atoms with van der Waals surface area (Å²) in [6, 6.07) is 2.41. The van der Waals surface area contributed by atoms with E-state index in [1.807, 2.05) is 0 Å². The van der Waals surface area contributed by atoms with Crippen molar-refractivity contribution in [2.75, 3.05) is 13.1 Å². The lowest BCUT2D eigenvalue weighted by Crippen LogP contribution is -2.45. The number of sulfonamides is 1. The fraction of sp³-hybridized carbons (Fsp3) is 0.500. The molecule has 1 aliphatic rings. The molecule has 1 fully saturated rings. The van der Waals surface area contributed by atoms with Crippen molar-refractivity contribution in [2.45, 2.75) is 24.4 Å². The quantitative estimate of drug-likeness (QED) is 0.867. The number of hydrogen-bond acceptors (Lipinski definition) is 3. The lowest BCUT2D eigenvalue weighted by molar-refractivity contribution is -0.143. The minimum absolute atomic E-state index is 0.0357. The maximum atomic E-state index is 13.2. The van der Waals surface area contributed by atoms with Crippen LogP contribution in [0, 0.1) is 11.8 Å². The van der Waals surface area contributed by atoms with Gasteiger partial charge < -0.3 is 5.11 Å². The van der Waals surface area contributed by atoms with E-state index in [1.165, 1.54) is 0 Å². The molecule has 1 N–H and O–H groups in total. The van der Waals surface area contributed by atoms with Crippen LogP contribution in [-0.4, -0.2) is 36.9 Å². The highest BCUT2D eigenvalue weighted by Gasteiger charge is 2.42. The first-order chi connectivity index (χ1) is 10.9. The van der Waals surface area contributed by atoms with Crippen LogP contribution >= 0.6 is 11.6 Å². The molecule has 0 amide bonds. The van der Waals surface area contributed by atoms with Gasteiger partial charge in [-0.05, 0) is 30.5 Å². The van der Waals surface area contributed by atoms with Crippen molar-refractivity contribution in [3.05, 3.63) is 28.8 Å². The molecule has 0 saturated carbocycles. The average molecular weight is 386 g/mol. The Hall–Kier alpha value is -1.32. The molecule has 0 radical (unpaired) electrons. The van der Waals surface area contributed by atoms with E-state index in [4.69, 9.17) is 16.7 Å². The Morgan fingerprint density at radius 1 is 1.33 bits per heavy atom. The van der Waals surface area contributed by atoms with Crippen molar-refractivity contribution in [1.29, 1.82) is 0 Å². The highest BCUT2D eigenvalue weighted by molar-refractivity contribution is 7.89. The maximum absolute atomic E-state index is 13.2. The first-order valence-electron chi connectivity index (χ1n) is 7.02. The second-order valence-corrected chi connectivity index (χ2v) is 8.18. The van der Waals surface area contributed by atoms with Gasteiger partial charge in [0.2, 0.25) is 10.0 Å². The van der Waals surface area contributed by atoms with E-state index in [0.29, 0.717) is 6.07 Å². The van der Waals surface area contributed by atoms with Crippen LogP contribution in [0.2, 0.25) is 5.02 Å². The zero-order chi connectivity index (χ0) is 18.3. The molecule has 1 aromatic carbocycles. The van der Waals surface area contributed by atoms with E-state index in [-0.39, 0.29) is 30.5 Å². The number of hydrogen-bond donors (Lipinski definition) is 1. The highest BCUT2D eigenvalue weighted by atomic mass is 35.5. The molecule has 2 unspecified atom stereocenters. The predicted octanol–water partition coefficient (Wildman–Crippen LogP) is 3.09. The molecule has 0 spiro atoms. The van der Waals surface area contributed by atoms with E-state index in [9.17, 15) is 26.4 Å². The van der Waals surface area contributed by atoms with Crippen molar-refractivity contribution in [2.24, 2.45) is 11.8 Å². The van der Waals surface area contributed by atoms with Gasteiger partial charge in [-0.2, -0.15) is 17.5 Å². The third-order valence-corrected chi connectivity index (χ3v) is 5.97. The van der Waals surface area contributed by atoms with Crippen molar-refractivity contribution in [3.8, 4) is 0 Å². The van der Waals surface area contributed by atoms with Crippen LogP contribution in [0.25, 0.3) is 0 Å². The van der Waals surface area contributed by atoms with Gasteiger partial charge in [-0.3, -0.25) is 4.79 Å². The number of carboxylic acids is 1. The van der Waals surface area contributed by atoms with Crippen LogP contribution in [-0.2, 0) is 21.0 Å². The molecule has 0 bridgehead atoms. The Balaban J connectivity index is 2.49. The van der Waals surface area contributed by atoms with E-state index in [0.717, 1.165) is 16.4 Å². The van der Waals surface area contributed by atoms with Crippen LogP contribution in [0.5, 0.6) is 0 Å². The lowest BCUT2D eigenvalue weighted by Gasteiger charge is -2.34.